The second-order valence-corrected chi connectivity index (χ2v) is 4.43. The summed E-state index contributed by atoms with van der Waals surface area (Å²) >= 11 is 6.14. The van der Waals surface area contributed by atoms with Crippen molar-refractivity contribution in [3.8, 4) is 0 Å². The molecule has 0 aliphatic rings. The highest BCUT2D eigenvalue weighted by atomic mass is 35.5. The van der Waals surface area contributed by atoms with Gasteiger partial charge in [-0.05, 0) is 42.7 Å². The first-order valence-electron chi connectivity index (χ1n) is 5.64. The maximum absolute atomic E-state index is 6.14. The molecule has 0 saturated heterocycles. The van der Waals surface area contributed by atoms with Gasteiger partial charge < -0.3 is 5.32 Å². The van der Waals surface area contributed by atoms with E-state index in [1.165, 1.54) is 11.1 Å². The van der Waals surface area contributed by atoms with Gasteiger partial charge in [0.15, 0.2) is 0 Å². The van der Waals surface area contributed by atoms with Gasteiger partial charge in [0.25, 0.3) is 0 Å². The minimum atomic E-state index is 0.774. The molecule has 0 aliphatic heterocycles. The second-order valence-electron chi connectivity index (χ2n) is 4.02. The van der Waals surface area contributed by atoms with E-state index in [1.54, 1.807) is 6.20 Å². The van der Waals surface area contributed by atoms with Gasteiger partial charge in [0, 0.05) is 18.9 Å². The van der Waals surface area contributed by atoms with E-state index in [4.69, 9.17) is 11.6 Å². The first-order valence-corrected chi connectivity index (χ1v) is 6.02. The lowest BCUT2D eigenvalue weighted by molar-refractivity contribution is 1.00. The molecule has 1 heterocycles. The molecule has 17 heavy (non-hydrogen) atoms. The minimum Gasteiger partial charge on any atom is -0.384 e. The lowest BCUT2D eigenvalue weighted by Crippen LogP contribution is -2.05. The third-order valence-electron chi connectivity index (χ3n) is 2.58. The van der Waals surface area contributed by atoms with Crippen molar-refractivity contribution >= 4 is 17.3 Å². The predicted octanol–water partition coefficient (Wildman–Crippen LogP) is 3.70. The molecule has 0 bridgehead atoms. The van der Waals surface area contributed by atoms with Gasteiger partial charge in [0.1, 0.15) is 0 Å². The molecule has 0 amide bonds. The van der Waals surface area contributed by atoms with E-state index < -0.39 is 0 Å². The fraction of sp³-hybridized carbons (Fsp3) is 0.214. The van der Waals surface area contributed by atoms with Crippen LogP contribution in [0.5, 0.6) is 0 Å². The molecular weight excluding hydrogens is 232 g/mol. The Kier molecular flexibility index (Phi) is 3.99. The minimum absolute atomic E-state index is 0.774. The van der Waals surface area contributed by atoms with Crippen molar-refractivity contribution in [3.05, 3.63) is 58.9 Å². The maximum Gasteiger partial charge on any atom is 0.0640 e. The Morgan fingerprint density at radius 3 is 2.88 bits per heavy atom. The van der Waals surface area contributed by atoms with E-state index >= 15 is 0 Å². The third-order valence-corrected chi connectivity index (χ3v) is 2.89. The molecule has 0 spiro atoms. The Morgan fingerprint density at radius 2 is 2.18 bits per heavy atom. The zero-order valence-electron chi connectivity index (χ0n) is 9.78. The molecule has 1 aromatic carbocycles. The summed E-state index contributed by atoms with van der Waals surface area (Å²) in [5.74, 6) is 0. The van der Waals surface area contributed by atoms with E-state index in [2.05, 4.69) is 22.4 Å². The van der Waals surface area contributed by atoms with E-state index in [1.807, 2.05) is 31.3 Å². The molecule has 0 aliphatic carbocycles. The van der Waals surface area contributed by atoms with Crippen molar-refractivity contribution < 1.29 is 0 Å². The van der Waals surface area contributed by atoms with Crippen LogP contribution in [0.4, 0.5) is 5.69 Å². The fourth-order valence-electron chi connectivity index (χ4n) is 1.65. The monoisotopic (exact) mass is 246 g/mol. The zero-order chi connectivity index (χ0) is 12.1. The van der Waals surface area contributed by atoms with Gasteiger partial charge in [-0.25, -0.2) is 0 Å². The number of nitrogens with one attached hydrogen (secondary N) is 1. The molecule has 2 aromatic rings. The van der Waals surface area contributed by atoms with Gasteiger partial charge >= 0.3 is 0 Å². The van der Waals surface area contributed by atoms with Crippen LogP contribution in [-0.2, 0) is 6.42 Å². The zero-order valence-corrected chi connectivity index (χ0v) is 10.5. The first-order chi connectivity index (χ1) is 8.25. The average molecular weight is 247 g/mol. The largest absolute Gasteiger partial charge is 0.384 e. The highest BCUT2D eigenvalue weighted by molar-refractivity contribution is 6.33. The van der Waals surface area contributed by atoms with E-state index in [0.29, 0.717) is 0 Å². The second kappa shape index (κ2) is 5.69. The van der Waals surface area contributed by atoms with Crippen LogP contribution in [0, 0.1) is 6.92 Å². The SMILES string of the molecule is Cc1ccc(NCCc2cccnc2)c(Cl)c1. The quantitative estimate of drug-likeness (QED) is 0.890. The van der Waals surface area contributed by atoms with Gasteiger partial charge in [-0.15, -0.1) is 0 Å². The summed E-state index contributed by atoms with van der Waals surface area (Å²) in [6.07, 6.45) is 4.62. The van der Waals surface area contributed by atoms with Crippen LogP contribution in [0.25, 0.3) is 0 Å². The molecular formula is C14H15ClN2. The first kappa shape index (κ1) is 11.9. The molecule has 0 unspecified atom stereocenters. The summed E-state index contributed by atoms with van der Waals surface area (Å²) in [7, 11) is 0. The van der Waals surface area contributed by atoms with Gasteiger partial charge in [0.2, 0.25) is 0 Å². The Hall–Kier alpha value is -1.54. The molecule has 1 aromatic heterocycles. The number of halogens is 1. The molecule has 2 nitrogen and oxygen atoms in total. The summed E-state index contributed by atoms with van der Waals surface area (Å²) < 4.78 is 0. The summed E-state index contributed by atoms with van der Waals surface area (Å²) in [4.78, 5) is 4.09. The van der Waals surface area contributed by atoms with Crippen molar-refractivity contribution in [2.75, 3.05) is 11.9 Å². The van der Waals surface area contributed by atoms with Crippen LogP contribution in [0.1, 0.15) is 11.1 Å². The lowest BCUT2D eigenvalue weighted by Gasteiger charge is -2.08. The molecule has 0 saturated carbocycles. The number of pyridine rings is 1. The molecule has 0 fully saturated rings. The molecule has 88 valence electrons. The molecule has 3 heteroatoms. The van der Waals surface area contributed by atoms with Crippen LogP contribution in [0.3, 0.4) is 0 Å². The fourth-order valence-corrected chi connectivity index (χ4v) is 1.95. The number of nitrogens with zero attached hydrogens (tertiary/aromatic N) is 1. The number of aromatic nitrogens is 1. The van der Waals surface area contributed by atoms with Crippen molar-refractivity contribution in [3.63, 3.8) is 0 Å². The normalized spacial score (nSPS) is 10.2. The molecule has 0 atom stereocenters. The summed E-state index contributed by atoms with van der Waals surface area (Å²) in [6, 6.07) is 10.1. The highest BCUT2D eigenvalue weighted by Crippen LogP contribution is 2.22. The summed E-state index contributed by atoms with van der Waals surface area (Å²) in [6.45, 7) is 2.89. The number of benzene rings is 1. The topological polar surface area (TPSA) is 24.9 Å². The number of anilines is 1. The third kappa shape index (κ3) is 3.46. The maximum atomic E-state index is 6.14. The van der Waals surface area contributed by atoms with E-state index in [9.17, 15) is 0 Å². The van der Waals surface area contributed by atoms with Gasteiger partial charge in [-0.1, -0.05) is 23.7 Å². The Bertz CT molecular complexity index is 483. The standard InChI is InChI=1S/C14H15ClN2/c1-11-4-5-14(13(15)9-11)17-8-6-12-3-2-7-16-10-12/h2-5,7,9-10,17H,6,8H2,1H3. The predicted molar refractivity (Wildman–Crippen MR) is 72.6 cm³/mol. The van der Waals surface area contributed by atoms with Crippen LogP contribution in [0.2, 0.25) is 5.02 Å². The van der Waals surface area contributed by atoms with Crippen LogP contribution in [-0.4, -0.2) is 11.5 Å². The Balaban J connectivity index is 1.90. The summed E-state index contributed by atoms with van der Waals surface area (Å²) in [5, 5.41) is 4.10. The summed E-state index contributed by atoms with van der Waals surface area (Å²) in [5.41, 5.74) is 3.39. The van der Waals surface area contributed by atoms with Crippen molar-refractivity contribution in [1.82, 2.24) is 4.98 Å². The number of hydrogen-bond acceptors (Lipinski definition) is 2. The van der Waals surface area contributed by atoms with Crippen molar-refractivity contribution in [2.24, 2.45) is 0 Å². The Morgan fingerprint density at radius 1 is 1.29 bits per heavy atom. The average Bonchev–Trinajstić information content (AvgIpc) is 2.33. The number of hydrogen-bond donors (Lipinski definition) is 1. The molecule has 1 N–H and O–H groups in total. The lowest BCUT2D eigenvalue weighted by atomic mass is 10.2. The van der Waals surface area contributed by atoms with Gasteiger partial charge in [-0.3, -0.25) is 4.98 Å². The van der Waals surface area contributed by atoms with Crippen LogP contribution >= 0.6 is 11.6 Å². The van der Waals surface area contributed by atoms with E-state index in [0.717, 1.165) is 23.7 Å². The van der Waals surface area contributed by atoms with Crippen molar-refractivity contribution in [1.29, 1.82) is 0 Å². The highest BCUT2D eigenvalue weighted by Gasteiger charge is 1.99. The van der Waals surface area contributed by atoms with Crippen LogP contribution < -0.4 is 5.32 Å². The van der Waals surface area contributed by atoms with Gasteiger partial charge in [0.05, 0.1) is 10.7 Å². The van der Waals surface area contributed by atoms with E-state index in [-0.39, 0.29) is 0 Å². The van der Waals surface area contributed by atoms with Crippen LogP contribution in [0.15, 0.2) is 42.7 Å². The van der Waals surface area contributed by atoms with Crippen molar-refractivity contribution in [2.45, 2.75) is 13.3 Å². The number of aryl methyl sites for hydroxylation is 1. The Labute approximate surface area is 107 Å². The number of rotatable bonds is 4. The van der Waals surface area contributed by atoms with Gasteiger partial charge in [-0.2, -0.15) is 0 Å². The molecule has 2 rings (SSSR count). The smallest absolute Gasteiger partial charge is 0.0640 e. The molecule has 0 radical (unpaired) electrons.